The Hall–Kier alpha value is -2.08. The van der Waals surface area contributed by atoms with Crippen LogP contribution in [0.4, 0.5) is 0 Å². The first-order chi connectivity index (χ1) is 12.0. The van der Waals surface area contributed by atoms with Crippen molar-refractivity contribution in [3.05, 3.63) is 56.9 Å². The maximum atomic E-state index is 12.5. The van der Waals surface area contributed by atoms with Crippen LogP contribution in [0.15, 0.2) is 33.2 Å². The topological polar surface area (TPSA) is 62.6 Å². The fraction of sp³-hybridized carbons (Fsp3) is 0.368. The van der Waals surface area contributed by atoms with E-state index in [1.165, 1.54) is 0 Å². The van der Waals surface area contributed by atoms with E-state index >= 15 is 0 Å². The Balaban J connectivity index is 1.68. The van der Waals surface area contributed by atoms with Gasteiger partial charge in [0, 0.05) is 25.2 Å². The lowest BCUT2D eigenvalue weighted by atomic mass is 10.1. The largest absolute Gasteiger partial charge is 0.465 e. The number of hydrogen-bond acceptors (Lipinski definition) is 3. The van der Waals surface area contributed by atoms with E-state index in [4.69, 9.17) is 4.42 Å². The minimum atomic E-state index is -0.197. The molecule has 1 fully saturated rings. The number of carbonyl (C=O) groups excluding carboxylic acids is 2. The number of halogens is 1. The second-order valence-electron chi connectivity index (χ2n) is 6.29. The molecule has 0 saturated carbocycles. The highest BCUT2D eigenvalue weighted by molar-refractivity contribution is 9.10. The Morgan fingerprint density at radius 2 is 1.92 bits per heavy atom. The van der Waals surface area contributed by atoms with Gasteiger partial charge in [-0.2, -0.15) is 0 Å². The smallest absolute Gasteiger partial charge is 0.256 e. The molecule has 132 valence electrons. The van der Waals surface area contributed by atoms with E-state index in [-0.39, 0.29) is 11.8 Å². The van der Waals surface area contributed by atoms with Crippen LogP contribution in [0.1, 0.15) is 50.6 Å². The van der Waals surface area contributed by atoms with Gasteiger partial charge in [0.2, 0.25) is 0 Å². The summed E-state index contributed by atoms with van der Waals surface area (Å²) in [6.45, 7) is 5.58. The minimum absolute atomic E-state index is 0.0646. The van der Waals surface area contributed by atoms with Gasteiger partial charge in [-0.3, -0.25) is 9.59 Å². The van der Waals surface area contributed by atoms with Crippen molar-refractivity contribution in [3.63, 3.8) is 0 Å². The molecule has 1 aromatic heterocycles. The monoisotopic (exact) mass is 404 g/mol. The Kier molecular flexibility index (Phi) is 5.27. The number of nitrogens with one attached hydrogen (secondary N) is 1. The average molecular weight is 405 g/mol. The lowest BCUT2D eigenvalue weighted by molar-refractivity contribution is 0.0792. The molecule has 0 atom stereocenters. The minimum Gasteiger partial charge on any atom is -0.465 e. The number of hydrogen-bond donors (Lipinski definition) is 1. The van der Waals surface area contributed by atoms with Gasteiger partial charge in [-0.05, 0) is 60.3 Å². The molecule has 1 N–H and O–H groups in total. The lowest BCUT2D eigenvalue weighted by Gasteiger charge is -2.15. The highest BCUT2D eigenvalue weighted by atomic mass is 79.9. The van der Waals surface area contributed by atoms with Crippen molar-refractivity contribution in [3.8, 4) is 0 Å². The molecule has 2 aromatic rings. The summed E-state index contributed by atoms with van der Waals surface area (Å²) in [5, 5.41) is 2.89. The van der Waals surface area contributed by atoms with E-state index in [2.05, 4.69) is 21.2 Å². The zero-order valence-electron chi connectivity index (χ0n) is 14.4. The number of rotatable bonds is 4. The van der Waals surface area contributed by atoms with Crippen LogP contribution >= 0.6 is 15.9 Å². The first-order valence-electron chi connectivity index (χ1n) is 8.39. The van der Waals surface area contributed by atoms with Crippen LogP contribution in [0.3, 0.4) is 0 Å². The highest BCUT2D eigenvalue weighted by Crippen LogP contribution is 2.27. The average Bonchev–Trinajstić information content (AvgIpc) is 3.21. The molecule has 0 spiro atoms. The van der Waals surface area contributed by atoms with Crippen molar-refractivity contribution in [2.75, 3.05) is 13.1 Å². The van der Waals surface area contributed by atoms with Gasteiger partial charge in [0.05, 0.1) is 10.0 Å². The third-order valence-electron chi connectivity index (χ3n) is 4.43. The molecule has 2 heterocycles. The molecular weight excluding hydrogens is 384 g/mol. The first-order valence-corrected chi connectivity index (χ1v) is 9.18. The molecule has 6 heteroatoms. The van der Waals surface area contributed by atoms with Gasteiger partial charge in [-0.25, -0.2) is 0 Å². The van der Waals surface area contributed by atoms with E-state index in [9.17, 15) is 9.59 Å². The summed E-state index contributed by atoms with van der Waals surface area (Å²) < 4.78 is 6.15. The van der Waals surface area contributed by atoms with Crippen molar-refractivity contribution >= 4 is 27.7 Å². The fourth-order valence-corrected chi connectivity index (χ4v) is 3.64. The molecule has 0 bridgehead atoms. The summed E-state index contributed by atoms with van der Waals surface area (Å²) in [6.07, 6.45) is 2.14. The van der Waals surface area contributed by atoms with Gasteiger partial charge in [-0.1, -0.05) is 12.1 Å². The molecule has 1 aromatic carbocycles. The Bertz CT molecular complexity index is 807. The zero-order chi connectivity index (χ0) is 18.0. The molecule has 1 saturated heterocycles. The summed E-state index contributed by atoms with van der Waals surface area (Å²) in [4.78, 5) is 26.8. The molecule has 2 amide bonds. The van der Waals surface area contributed by atoms with Crippen LogP contribution in [-0.4, -0.2) is 29.8 Å². The van der Waals surface area contributed by atoms with E-state index in [1.54, 1.807) is 13.8 Å². The summed E-state index contributed by atoms with van der Waals surface area (Å²) in [7, 11) is 0. The van der Waals surface area contributed by atoms with Crippen molar-refractivity contribution in [1.29, 1.82) is 0 Å². The maximum absolute atomic E-state index is 12.5. The number of likely N-dealkylation sites (tertiary alicyclic amines) is 1. The van der Waals surface area contributed by atoms with Crippen molar-refractivity contribution in [2.24, 2.45) is 0 Å². The Labute approximate surface area is 155 Å². The zero-order valence-corrected chi connectivity index (χ0v) is 16.0. The SMILES string of the molecule is Cc1oc(C)c(C(=O)NCc2cccc(C(=O)N3CCCC3)c2)c1Br. The standard InChI is InChI=1S/C19H21BrN2O3/c1-12-16(17(20)13(2)25-12)18(23)21-11-14-6-5-7-15(10-14)19(24)22-8-3-4-9-22/h5-7,10H,3-4,8-9,11H2,1-2H3,(H,21,23). The predicted molar refractivity (Wildman–Crippen MR) is 98.6 cm³/mol. The summed E-state index contributed by atoms with van der Waals surface area (Å²) in [5.41, 5.74) is 2.08. The third kappa shape index (κ3) is 3.79. The molecule has 1 aliphatic heterocycles. The number of aryl methyl sites for hydroxylation is 2. The number of benzene rings is 1. The second-order valence-corrected chi connectivity index (χ2v) is 7.08. The summed E-state index contributed by atoms with van der Waals surface area (Å²) in [6, 6.07) is 7.44. The van der Waals surface area contributed by atoms with Gasteiger partial charge in [0.1, 0.15) is 11.5 Å². The van der Waals surface area contributed by atoms with Crippen LogP contribution in [0.2, 0.25) is 0 Å². The molecular formula is C19H21BrN2O3. The second kappa shape index (κ2) is 7.44. The van der Waals surface area contributed by atoms with Gasteiger partial charge < -0.3 is 14.6 Å². The molecule has 25 heavy (non-hydrogen) atoms. The van der Waals surface area contributed by atoms with Crippen LogP contribution < -0.4 is 5.32 Å². The summed E-state index contributed by atoms with van der Waals surface area (Å²) in [5.74, 6) is 1.13. The van der Waals surface area contributed by atoms with Crippen molar-refractivity contribution in [1.82, 2.24) is 10.2 Å². The molecule has 5 nitrogen and oxygen atoms in total. The number of furan rings is 1. The quantitative estimate of drug-likeness (QED) is 0.841. The number of amides is 2. The number of carbonyl (C=O) groups is 2. The summed E-state index contributed by atoms with van der Waals surface area (Å²) >= 11 is 3.39. The molecule has 0 aliphatic carbocycles. The van der Waals surface area contributed by atoms with Crippen LogP contribution in [0.25, 0.3) is 0 Å². The Morgan fingerprint density at radius 3 is 2.56 bits per heavy atom. The van der Waals surface area contributed by atoms with Gasteiger partial charge in [0.15, 0.2) is 0 Å². The fourth-order valence-electron chi connectivity index (χ4n) is 3.10. The predicted octanol–water partition coefficient (Wildman–Crippen LogP) is 3.82. The van der Waals surface area contributed by atoms with Gasteiger partial charge in [0.25, 0.3) is 11.8 Å². The maximum Gasteiger partial charge on any atom is 0.256 e. The van der Waals surface area contributed by atoms with Gasteiger partial charge in [-0.15, -0.1) is 0 Å². The van der Waals surface area contributed by atoms with Crippen molar-refractivity contribution < 1.29 is 14.0 Å². The molecule has 3 rings (SSSR count). The van der Waals surface area contributed by atoms with Crippen LogP contribution in [0.5, 0.6) is 0 Å². The van der Waals surface area contributed by atoms with E-state index in [0.717, 1.165) is 31.5 Å². The van der Waals surface area contributed by atoms with E-state index in [0.29, 0.717) is 33.7 Å². The first kappa shape index (κ1) is 17.7. The van der Waals surface area contributed by atoms with Crippen LogP contribution in [0, 0.1) is 13.8 Å². The third-order valence-corrected chi connectivity index (χ3v) is 5.39. The highest BCUT2D eigenvalue weighted by Gasteiger charge is 2.21. The molecule has 0 unspecified atom stereocenters. The number of nitrogens with zero attached hydrogens (tertiary/aromatic N) is 1. The van der Waals surface area contributed by atoms with Crippen LogP contribution in [-0.2, 0) is 6.54 Å². The normalized spacial score (nSPS) is 14.0. The van der Waals surface area contributed by atoms with Gasteiger partial charge >= 0.3 is 0 Å². The van der Waals surface area contributed by atoms with E-state index < -0.39 is 0 Å². The van der Waals surface area contributed by atoms with Crippen molar-refractivity contribution in [2.45, 2.75) is 33.2 Å². The lowest BCUT2D eigenvalue weighted by Crippen LogP contribution is -2.28. The molecule has 1 aliphatic rings. The Morgan fingerprint density at radius 1 is 1.20 bits per heavy atom. The van der Waals surface area contributed by atoms with E-state index in [1.807, 2.05) is 29.2 Å². The molecule has 0 radical (unpaired) electrons.